The van der Waals surface area contributed by atoms with Crippen LogP contribution in [0.15, 0.2) is 77.8 Å². The van der Waals surface area contributed by atoms with Crippen molar-refractivity contribution in [1.82, 2.24) is 4.90 Å². The average molecular weight is 594 g/mol. The number of anilines is 1. The molecule has 0 bridgehead atoms. The summed E-state index contributed by atoms with van der Waals surface area (Å²) in [5.41, 5.74) is 2.03. The van der Waals surface area contributed by atoms with Gasteiger partial charge in [-0.25, -0.2) is 9.38 Å². The lowest BCUT2D eigenvalue weighted by molar-refractivity contribution is -0.129. The normalized spacial score (nSPS) is 17.3. The predicted molar refractivity (Wildman–Crippen MR) is 139 cm³/mol. The zero-order valence-corrected chi connectivity index (χ0v) is 20.9. The first-order valence-electron chi connectivity index (χ1n) is 9.99. The Kier molecular flexibility index (Phi) is 7.67. The Hall–Kier alpha value is -2.43. The van der Waals surface area contributed by atoms with Gasteiger partial charge in [-0.2, -0.15) is 0 Å². The number of carbonyl (C=O) groups excluding carboxylic acids is 2. The molecular formula is C24H18ClFIN3O2S. The van der Waals surface area contributed by atoms with E-state index >= 15 is 0 Å². The number of thioether (sulfide) groups is 1. The molecule has 5 nitrogen and oxygen atoms in total. The number of benzene rings is 3. The van der Waals surface area contributed by atoms with E-state index in [0.717, 1.165) is 9.13 Å². The summed E-state index contributed by atoms with van der Waals surface area (Å²) in [6.07, 6.45) is 0.0295. The van der Waals surface area contributed by atoms with Crippen LogP contribution in [-0.4, -0.2) is 27.1 Å². The summed E-state index contributed by atoms with van der Waals surface area (Å²) < 4.78 is 14.4. The van der Waals surface area contributed by atoms with Crippen molar-refractivity contribution >= 4 is 74.3 Å². The van der Waals surface area contributed by atoms with Crippen molar-refractivity contribution in [3.8, 4) is 0 Å². The number of aliphatic imine (C=N–C) groups is 1. The van der Waals surface area contributed by atoms with Crippen LogP contribution in [0, 0.1) is 9.39 Å². The summed E-state index contributed by atoms with van der Waals surface area (Å²) in [4.78, 5) is 32.2. The van der Waals surface area contributed by atoms with Crippen LogP contribution in [0.3, 0.4) is 0 Å². The highest BCUT2D eigenvalue weighted by Gasteiger charge is 2.36. The Balaban J connectivity index is 1.59. The molecule has 1 saturated heterocycles. The van der Waals surface area contributed by atoms with E-state index in [0.29, 0.717) is 21.6 Å². The van der Waals surface area contributed by atoms with Crippen LogP contribution >= 0.6 is 46.0 Å². The van der Waals surface area contributed by atoms with E-state index in [1.165, 1.54) is 28.8 Å². The van der Waals surface area contributed by atoms with Gasteiger partial charge in [-0.3, -0.25) is 14.5 Å². The molecule has 1 aliphatic heterocycles. The molecule has 168 valence electrons. The van der Waals surface area contributed by atoms with Gasteiger partial charge in [-0.15, -0.1) is 0 Å². The SMILES string of the molecule is O=C(Nc1ccc(I)cc1)C1CC(=O)N(Cc2ccc(F)cc2)C(=Nc2ccc(Cl)cc2)S1. The second-order valence-electron chi connectivity index (χ2n) is 7.28. The Morgan fingerprint density at radius 2 is 1.76 bits per heavy atom. The number of carbonyl (C=O) groups is 2. The average Bonchev–Trinajstić information content (AvgIpc) is 2.80. The molecule has 0 aromatic heterocycles. The van der Waals surface area contributed by atoms with Crippen molar-refractivity contribution < 1.29 is 14.0 Å². The molecule has 4 rings (SSSR count). The third-order valence-corrected chi connectivity index (χ3v) is 7.01. The molecule has 1 unspecified atom stereocenters. The summed E-state index contributed by atoms with van der Waals surface area (Å²) in [7, 11) is 0. The van der Waals surface area contributed by atoms with E-state index in [-0.39, 0.29) is 30.6 Å². The summed E-state index contributed by atoms with van der Waals surface area (Å²) >= 11 is 9.40. The molecule has 1 fully saturated rings. The minimum Gasteiger partial charge on any atom is -0.325 e. The number of halogens is 3. The van der Waals surface area contributed by atoms with Crippen molar-refractivity contribution in [2.75, 3.05) is 5.32 Å². The third-order valence-electron chi connectivity index (χ3n) is 4.85. The topological polar surface area (TPSA) is 61.8 Å². The lowest BCUT2D eigenvalue weighted by Crippen LogP contribution is -2.44. The van der Waals surface area contributed by atoms with Crippen molar-refractivity contribution in [3.05, 3.63) is 92.8 Å². The highest BCUT2D eigenvalue weighted by atomic mass is 127. The van der Waals surface area contributed by atoms with Gasteiger partial charge in [0.15, 0.2) is 5.17 Å². The molecule has 0 saturated carbocycles. The van der Waals surface area contributed by atoms with Crippen LogP contribution < -0.4 is 5.32 Å². The molecule has 33 heavy (non-hydrogen) atoms. The molecule has 0 aliphatic carbocycles. The van der Waals surface area contributed by atoms with Crippen LogP contribution in [0.5, 0.6) is 0 Å². The number of amides is 2. The molecule has 0 radical (unpaired) electrons. The molecule has 1 heterocycles. The van der Waals surface area contributed by atoms with Gasteiger partial charge >= 0.3 is 0 Å². The highest BCUT2D eigenvalue weighted by molar-refractivity contribution is 14.1. The maximum absolute atomic E-state index is 13.3. The monoisotopic (exact) mass is 593 g/mol. The molecule has 3 aromatic rings. The summed E-state index contributed by atoms with van der Waals surface area (Å²) in [5.74, 6) is -0.839. The quantitative estimate of drug-likeness (QED) is 0.356. The van der Waals surface area contributed by atoms with Crippen LogP contribution in [-0.2, 0) is 16.1 Å². The fourth-order valence-electron chi connectivity index (χ4n) is 3.15. The first-order valence-corrected chi connectivity index (χ1v) is 12.3. The van der Waals surface area contributed by atoms with Crippen molar-refractivity contribution in [2.45, 2.75) is 18.2 Å². The van der Waals surface area contributed by atoms with Gasteiger partial charge in [-0.1, -0.05) is 35.5 Å². The number of hydrogen-bond acceptors (Lipinski definition) is 4. The maximum Gasteiger partial charge on any atom is 0.238 e. The van der Waals surface area contributed by atoms with E-state index in [1.807, 2.05) is 24.3 Å². The van der Waals surface area contributed by atoms with Crippen LogP contribution in [0.25, 0.3) is 0 Å². The van der Waals surface area contributed by atoms with Crippen molar-refractivity contribution in [2.24, 2.45) is 4.99 Å². The molecule has 9 heteroatoms. The summed E-state index contributed by atoms with van der Waals surface area (Å²) in [6.45, 7) is 0.226. The van der Waals surface area contributed by atoms with Gasteiger partial charge in [0, 0.05) is 20.7 Å². The Morgan fingerprint density at radius 3 is 2.42 bits per heavy atom. The lowest BCUT2D eigenvalue weighted by Gasteiger charge is -2.32. The van der Waals surface area contributed by atoms with E-state index < -0.39 is 5.25 Å². The van der Waals surface area contributed by atoms with Crippen LogP contribution in [0.1, 0.15) is 12.0 Å². The van der Waals surface area contributed by atoms with Crippen LogP contribution in [0.4, 0.5) is 15.8 Å². The molecule has 1 aliphatic rings. The highest BCUT2D eigenvalue weighted by Crippen LogP contribution is 2.31. The lowest BCUT2D eigenvalue weighted by atomic mass is 10.2. The van der Waals surface area contributed by atoms with E-state index in [2.05, 4.69) is 32.9 Å². The fourth-order valence-corrected chi connectivity index (χ4v) is 4.73. The number of rotatable bonds is 5. The maximum atomic E-state index is 13.3. The van der Waals surface area contributed by atoms with Gasteiger partial charge in [-0.05, 0) is 88.8 Å². The molecule has 1 N–H and O–H groups in total. The largest absolute Gasteiger partial charge is 0.325 e. The first kappa shape index (κ1) is 23.7. The fraction of sp³-hybridized carbons (Fsp3) is 0.125. The first-order chi connectivity index (χ1) is 15.9. The van der Waals surface area contributed by atoms with E-state index in [9.17, 15) is 14.0 Å². The summed E-state index contributed by atoms with van der Waals surface area (Å²) in [6, 6.07) is 20.3. The van der Waals surface area contributed by atoms with Gasteiger partial charge < -0.3 is 5.32 Å². The van der Waals surface area contributed by atoms with Crippen LogP contribution in [0.2, 0.25) is 5.02 Å². The van der Waals surface area contributed by atoms with Gasteiger partial charge in [0.2, 0.25) is 11.8 Å². The molecule has 3 aromatic carbocycles. The Morgan fingerprint density at radius 1 is 1.09 bits per heavy atom. The molecular weight excluding hydrogens is 576 g/mol. The molecule has 1 atom stereocenters. The van der Waals surface area contributed by atoms with Crippen molar-refractivity contribution in [3.63, 3.8) is 0 Å². The summed E-state index contributed by atoms with van der Waals surface area (Å²) in [5, 5.41) is 3.22. The zero-order valence-electron chi connectivity index (χ0n) is 17.2. The Labute approximate surface area is 213 Å². The van der Waals surface area contributed by atoms with Gasteiger partial charge in [0.1, 0.15) is 11.1 Å². The number of hydrogen-bond donors (Lipinski definition) is 1. The number of amidine groups is 1. The van der Waals surface area contributed by atoms with Gasteiger partial charge in [0.25, 0.3) is 0 Å². The van der Waals surface area contributed by atoms with Crippen molar-refractivity contribution in [1.29, 1.82) is 0 Å². The smallest absolute Gasteiger partial charge is 0.238 e. The predicted octanol–water partition coefficient (Wildman–Crippen LogP) is 6.24. The second kappa shape index (κ2) is 10.7. The minimum absolute atomic E-state index is 0.0295. The van der Waals surface area contributed by atoms with E-state index in [4.69, 9.17) is 11.6 Å². The standard InChI is InChI=1S/C24H18ClFIN3O2S/c25-16-3-9-20(10-4-16)29-24-30(14-15-1-5-17(26)6-2-15)22(31)13-21(33-24)23(32)28-19-11-7-18(27)8-12-19/h1-12,21H,13-14H2,(H,28,32). The second-order valence-corrected chi connectivity index (χ2v) is 10.1. The number of nitrogens with one attached hydrogen (secondary N) is 1. The van der Waals surface area contributed by atoms with Gasteiger partial charge in [0.05, 0.1) is 12.2 Å². The minimum atomic E-state index is -0.632. The molecule has 0 spiro atoms. The zero-order chi connectivity index (χ0) is 23.4. The van der Waals surface area contributed by atoms with E-state index in [1.54, 1.807) is 36.4 Å². The number of nitrogens with zero attached hydrogens (tertiary/aromatic N) is 2. The third kappa shape index (κ3) is 6.33. The molecule has 2 amide bonds. The Bertz CT molecular complexity index is 1190.